The second-order valence-electron chi connectivity index (χ2n) is 6.71. The summed E-state index contributed by atoms with van der Waals surface area (Å²) >= 11 is 9.59. The number of ether oxygens (including phenoxy) is 2. The lowest BCUT2D eigenvalue weighted by Gasteiger charge is -2.08. The molecule has 160 valence electrons. The number of non-ortho nitro benzene ring substituents is 1. The predicted octanol–water partition coefficient (Wildman–Crippen LogP) is 5.93. The van der Waals surface area contributed by atoms with Crippen LogP contribution < -0.4 is 4.74 Å². The third-order valence-corrected chi connectivity index (χ3v) is 5.64. The Morgan fingerprint density at radius 1 is 1.12 bits per heavy atom. The van der Waals surface area contributed by atoms with Crippen molar-refractivity contribution in [2.75, 3.05) is 0 Å². The highest BCUT2D eigenvalue weighted by molar-refractivity contribution is 9.10. The molecule has 0 bridgehead atoms. The number of rotatable bonds is 6. The minimum atomic E-state index is -0.635. The molecule has 0 saturated heterocycles. The summed E-state index contributed by atoms with van der Waals surface area (Å²) in [5.74, 6) is 0.0389. The van der Waals surface area contributed by atoms with Crippen molar-refractivity contribution in [1.82, 2.24) is 0 Å². The third kappa shape index (κ3) is 4.87. The standard InChI is InChI=1S/C23H14BrClN2O5/c24-19-4-2-1-3-15(19)13-31-17-8-5-14(6-9-17)11-21-23(28)32-22(26-21)18-10-7-16(27(29)30)12-20(18)25/h1-12H,13H2/b21-11-. The summed E-state index contributed by atoms with van der Waals surface area (Å²) in [5.41, 5.74) is 1.98. The average molecular weight is 514 g/mol. The van der Waals surface area contributed by atoms with Crippen LogP contribution in [0.2, 0.25) is 5.02 Å². The van der Waals surface area contributed by atoms with Crippen LogP contribution in [0.4, 0.5) is 5.69 Å². The predicted molar refractivity (Wildman–Crippen MR) is 124 cm³/mol. The minimum Gasteiger partial charge on any atom is -0.489 e. The second-order valence-corrected chi connectivity index (χ2v) is 7.97. The minimum absolute atomic E-state index is 0.00506. The van der Waals surface area contributed by atoms with E-state index in [-0.39, 0.29) is 22.3 Å². The summed E-state index contributed by atoms with van der Waals surface area (Å²) in [6.07, 6.45) is 1.58. The number of benzene rings is 3. The fraction of sp³-hybridized carbons (Fsp3) is 0.0435. The summed E-state index contributed by atoms with van der Waals surface area (Å²) in [4.78, 5) is 26.7. The molecule has 0 saturated carbocycles. The van der Waals surface area contributed by atoms with Crippen LogP contribution in [0.15, 0.2) is 81.9 Å². The number of carbonyl (C=O) groups is 1. The molecule has 0 atom stereocenters. The summed E-state index contributed by atoms with van der Waals surface area (Å²) in [5, 5.41) is 10.9. The molecule has 3 aromatic rings. The van der Waals surface area contributed by atoms with Gasteiger partial charge in [0.1, 0.15) is 12.4 Å². The number of carbonyl (C=O) groups excluding carboxylic acids is 1. The van der Waals surface area contributed by atoms with Gasteiger partial charge in [0.2, 0.25) is 5.90 Å². The summed E-state index contributed by atoms with van der Waals surface area (Å²) in [6.45, 7) is 0.415. The Bertz CT molecular complexity index is 1270. The molecule has 0 aliphatic carbocycles. The fourth-order valence-electron chi connectivity index (χ4n) is 2.91. The number of cyclic esters (lactones) is 1. The van der Waals surface area contributed by atoms with Gasteiger partial charge < -0.3 is 9.47 Å². The van der Waals surface area contributed by atoms with E-state index in [1.807, 2.05) is 24.3 Å². The van der Waals surface area contributed by atoms with E-state index >= 15 is 0 Å². The van der Waals surface area contributed by atoms with Crippen LogP contribution in [0.3, 0.4) is 0 Å². The number of aliphatic imine (C=N–C) groups is 1. The largest absolute Gasteiger partial charge is 0.489 e. The SMILES string of the molecule is O=C1OC(c2ccc([N+](=O)[O-])cc2Cl)=N/C1=C\c1ccc(OCc2ccccc2Br)cc1. The number of hydrogen-bond donors (Lipinski definition) is 0. The molecule has 3 aromatic carbocycles. The van der Waals surface area contributed by atoms with E-state index in [4.69, 9.17) is 21.1 Å². The zero-order chi connectivity index (χ0) is 22.7. The molecule has 0 amide bonds. The Morgan fingerprint density at radius 3 is 2.56 bits per heavy atom. The van der Waals surface area contributed by atoms with Crippen molar-refractivity contribution in [2.45, 2.75) is 6.61 Å². The fourth-order valence-corrected chi connectivity index (χ4v) is 3.56. The van der Waals surface area contributed by atoms with Crippen molar-refractivity contribution in [3.8, 4) is 5.75 Å². The number of nitro groups is 1. The van der Waals surface area contributed by atoms with E-state index in [0.717, 1.165) is 15.6 Å². The molecule has 0 aromatic heterocycles. The highest BCUT2D eigenvalue weighted by atomic mass is 79.9. The van der Waals surface area contributed by atoms with Crippen LogP contribution in [-0.4, -0.2) is 16.8 Å². The lowest BCUT2D eigenvalue weighted by molar-refractivity contribution is -0.384. The van der Waals surface area contributed by atoms with Crippen LogP contribution in [0, 0.1) is 10.1 Å². The highest BCUT2D eigenvalue weighted by Crippen LogP contribution is 2.27. The molecule has 0 N–H and O–H groups in total. The van der Waals surface area contributed by atoms with Gasteiger partial charge in [0.05, 0.1) is 15.5 Å². The molecular weight excluding hydrogens is 500 g/mol. The van der Waals surface area contributed by atoms with Crippen LogP contribution >= 0.6 is 27.5 Å². The lowest BCUT2D eigenvalue weighted by atomic mass is 10.2. The van der Waals surface area contributed by atoms with E-state index < -0.39 is 10.9 Å². The van der Waals surface area contributed by atoms with Gasteiger partial charge in [0.15, 0.2) is 5.70 Å². The van der Waals surface area contributed by atoms with Gasteiger partial charge in [0, 0.05) is 22.2 Å². The molecular formula is C23H14BrClN2O5. The molecule has 0 fully saturated rings. The molecule has 0 spiro atoms. The maximum Gasteiger partial charge on any atom is 0.363 e. The smallest absolute Gasteiger partial charge is 0.363 e. The van der Waals surface area contributed by atoms with Gasteiger partial charge in [-0.05, 0) is 35.9 Å². The molecule has 9 heteroatoms. The number of nitro benzene ring substituents is 1. The van der Waals surface area contributed by atoms with Gasteiger partial charge in [-0.1, -0.05) is 57.9 Å². The molecule has 0 unspecified atom stereocenters. The van der Waals surface area contributed by atoms with Crippen molar-refractivity contribution in [1.29, 1.82) is 0 Å². The van der Waals surface area contributed by atoms with E-state index in [9.17, 15) is 14.9 Å². The normalized spacial score (nSPS) is 14.2. The Labute approximate surface area is 196 Å². The first-order valence-electron chi connectivity index (χ1n) is 9.34. The Hall–Kier alpha value is -3.49. The van der Waals surface area contributed by atoms with Crippen molar-refractivity contribution in [3.05, 3.63) is 109 Å². The zero-order valence-corrected chi connectivity index (χ0v) is 18.7. The number of nitrogens with zero attached hydrogens (tertiary/aromatic N) is 2. The maximum absolute atomic E-state index is 12.2. The molecule has 1 aliphatic heterocycles. The van der Waals surface area contributed by atoms with Gasteiger partial charge in [-0.3, -0.25) is 10.1 Å². The topological polar surface area (TPSA) is 91.0 Å². The van der Waals surface area contributed by atoms with E-state index in [2.05, 4.69) is 20.9 Å². The molecule has 1 heterocycles. The quantitative estimate of drug-likeness (QED) is 0.176. The Kier molecular flexibility index (Phi) is 6.34. The lowest BCUT2D eigenvalue weighted by Crippen LogP contribution is -2.06. The number of hydrogen-bond acceptors (Lipinski definition) is 6. The zero-order valence-electron chi connectivity index (χ0n) is 16.3. The number of esters is 1. The monoisotopic (exact) mass is 512 g/mol. The highest BCUT2D eigenvalue weighted by Gasteiger charge is 2.26. The van der Waals surface area contributed by atoms with E-state index in [0.29, 0.717) is 17.9 Å². The van der Waals surface area contributed by atoms with Crippen LogP contribution in [0.25, 0.3) is 6.08 Å². The molecule has 4 rings (SSSR count). The molecule has 0 radical (unpaired) electrons. The number of halogens is 2. The third-order valence-electron chi connectivity index (χ3n) is 4.55. The van der Waals surface area contributed by atoms with Crippen LogP contribution in [0.1, 0.15) is 16.7 Å². The van der Waals surface area contributed by atoms with Crippen molar-refractivity contribution in [2.24, 2.45) is 4.99 Å². The van der Waals surface area contributed by atoms with Gasteiger partial charge in [0.25, 0.3) is 5.69 Å². The molecule has 1 aliphatic rings. The van der Waals surface area contributed by atoms with Gasteiger partial charge in [-0.2, -0.15) is 0 Å². The van der Waals surface area contributed by atoms with Gasteiger partial charge >= 0.3 is 5.97 Å². The summed E-state index contributed by atoms with van der Waals surface area (Å²) < 4.78 is 12.0. The van der Waals surface area contributed by atoms with Crippen LogP contribution in [0.5, 0.6) is 5.75 Å². The first-order valence-corrected chi connectivity index (χ1v) is 10.5. The van der Waals surface area contributed by atoms with Gasteiger partial charge in [-0.25, -0.2) is 9.79 Å². The van der Waals surface area contributed by atoms with Crippen molar-refractivity contribution >= 4 is 51.2 Å². The van der Waals surface area contributed by atoms with Crippen molar-refractivity contribution < 1.29 is 19.2 Å². The van der Waals surface area contributed by atoms with Crippen molar-refractivity contribution in [3.63, 3.8) is 0 Å². The summed E-state index contributed by atoms with van der Waals surface area (Å²) in [7, 11) is 0. The van der Waals surface area contributed by atoms with E-state index in [1.54, 1.807) is 30.3 Å². The Balaban J connectivity index is 1.49. The second kappa shape index (κ2) is 9.33. The maximum atomic E-state index is 12.2. The summed E-state index contributed by atoms with van der Waals surface area (Å²) in [6, 6.07) is 18.8. The molecule has 32 heavy (non-hydrogen) atoms. The van der Waals surface area contributed by atoms with E-state index in [1.165, 1.54) is 18.2 Å². The average Bonchev–Trinajstić information content (AvgIpc) is 3.14. The Morgan fingerprint density at radius 2 is 1.88 bits per heavy atom. The van der Waals surface area contributed by atoms with Gasteiger partial charge in [-0.15, -0.1) is 0 Å². The van der Waals surface area contributed by atoms with Crippen LogP contribution in [-0.2, 0) is 16.1 Å². The molecule has 7 nitrogen and oxygen atoms in total. The first kappa shape index (κ1) is 21.7. The first-order chi connectivity index (χ1) is 15.4.